The Morgan fingerprint density at radius 1 is 1.17 bits per heavy atom. The molecule has 0 bridgehead atoms. The van der Waals surface area contributed by atoms with E-state index in [2.05, 4.69) is 4.98 Å². The van der Waals surface area contributed by atoms with Crippen molar-refractivity contribution in [2.45, 2.75) is 25.0 Å². The topological polar surface area (TPSA) is 83.0 Å². The van der Waals surface area contributed by atoms with Crippen LogP contribution < -0.4 is 4.90 Å². The summed E-state index contributed by atoms with van der Waals surface area (Å²) in [6.45, 7) is 0.978. The maximum absolute atomic E-state index is 13.0. The molecule has 1 N–H and O–H groups in total. The first-order chi connectivity index (χ1) is 14.5. The van der Waals surface area contributed by atoms with E-state index in [-0.39, 0.29) is 17.4 Å². The Morgan fingerprint density at radius 3 is 2.47 bits per heavy atom. The quantitative estimate of drug-likeness (QED) is 0.466. The average molecular weight is 407 g/mol. The minimum absolute atomic E-state index is 0.0989. The van der Waals surface area contributed by atoms with E-state index in [0.29, 0.717) is 18.7 Å². The number of aromatic nitrogens is 1. The van der Waals surface area contributed by atoms with Gasteiger partial charge < -0.3 is 19.6 Å². The first kappa shape index (κ1) is 20.1. The Morgan fingerprint density at radius 2 is 1.87 bits per heavy atom. The van der Waals surface area contributed by atoms with E-state index in [9.17, 15) is 14.7 Å². The van der Waals surface area contributed by atoms with E-state index < -0.39 is 17.7 Å². The number of pyridine rings is 1. The Bertz CT molecular complexity index is 964. The lowest BCUT2D eigenvalue weighted by molar-refractivity contribution is -0.140. The molecule has 7 heteroatoms. The van der Waals surface area contributed by atoms with E-state index in [1.54, 1.807) is 24.5 Å². The Hall–Kier alpha value is -3.19. The van der Waals surface area contributed by atoms with Crippen LogP contribution in [0.1, 0.15) is 30.0 Å². The predicted molar refractivity (Wildman–Crippen MR) is 113 cm³/mol. The van der Waals surface area contributed by atoms with E-state index >= 15 is 0 Å². The Balaban J connectivity index is 1.80. The highest BCUT2D eigenvalue weighted by Gasteiger charge is 2.47. The largest absolute Gasteiger partial charge is 0.507 e. The summed E-state index contributed by atoms with van der Waals surface area (Å²) >= 11 is 0. The smallest absolute Gasteiger partial charge is 0.295 e. The molecule has 0 radical (unpaired) electrons. The first-order valence-corrected chi connectivity index (χ1v) is 10.0. The fraction of sp³-hybridized carbons (Fsp3) is 0.348. The van der Waals surface area contributed by atoms with Gasteiger partial charge in [0.25, 0.3) is 11.7 Å². The third-order valence-electron chi connectivity index (χ3n) is 5.64. The number of nitrogens with zero attached hydrogens (tertiary/aromatic N) is 3. The molecule has 0 saturated carbocycles. The molecule has 4 rings (SSSR count). The second-order valence-electron chi connectivity index (χ2n) is 7.81. The monoisotopic (exact) mass is 407 g/mol. The highest BCUT2D eigenvalue weighted by atomic mass is 16.5. The number of Topliss-reactive ketones (excluding diaryl/α,β-unsaturated/α-hetero) is 1. The van der Waals surface area contributed by atoms with Crippen LogP contribution >= 0.6 is 0 Å². The number of hydrogen-bond acceptors (Lipinski definition) is 6. The highest BCUT2D eigenvalue weighted by Crippen LogP contribution is 2.40. The van der Waals surface area contributed by atoms with Crippen LogP contribution in [0, 0.1) is 0 Å². The van der Waals surface area contributed by atoms with Crippen molar-refractivity contribution >= 4 is 23.1 Å². The molecule has 2 unspecified atom stereocenters. The molecule has 0 spiro atoms. The molecule has 2 aliphatic rings. The lowest BCUT2D eigenvalue weighted by Gasteiger charge is -2.28. The van der Waals surface area contributed by atoms with Crippen LogP contribution in [0.15, 0.2) is 54.4 Å². The molecule has 7 nitrogen and oxygen atoms in total. The van der Waals surface area contributed by atoms with Crippen LogP contribution in [0.3, 0.4) is 0 Å². The summed E-state index contributed by atoms with van der Waals surface area (Å²) in [4.78, 5) is 33.4. The van der Waals surface area contributed by atoms with Crippen molar-refractivity contribution in [1.29, 1.82) is 0 Å². The molecule has 156 valence electrons. The second-order valence-corrected chi connectivity index (χ2v) is 7.81. The van der Waals surface area contributed by atoms with Gasteiger partial charge in [-0.2, -0.15) is 0 Å². The van der Waals surface area contributed by atoms with Crippen molar-refractivity contribution < 1.29 is 19.4 Å². The first-order valence-electron chi connectivity index (χ1n) is 10.0. The van der Waals surface area contributed by atoms with Gasteiger partial charge in [-0.15, -0.1) is 0 Å². The molecule has 1 amide bonds. The number of ether oxygens (including phenoxy) is 1. The number of hydrogen-bond donors (Lipinski definition) is 1. The van der Waals surface area contributed by atoms with Gasteiger partial charge in [0.1, 0.15) is 5.76 Å². The summed E-state index contributed by atoms with van der Waals surface area (Å²) in [5, 5.41) is 11.0. The van der Waals surface area contributed by atoms with Crippen molar-refractivity contribution in [1.82, 2.24) is 9.88 Å². The van der Waals surface area contributed by atoms with Gasteiger partial charge in [-0.05, 0) is 42.7 Å². The fourth-order valence-electron chi connectivity index (χ4n) is 4.04. The van der Waals surface area contributed by atoms with Crippen LogP contribution in [0.5, 0.6) is 0 Å². The van der Waals surface area contributed by atoms with Gasteiger partial charge >= 0.3 is 0 Å². The van der Waals surface area contributed by atoms with Crippen molar-refractivity contribution in [3.05, 3.63) is 65.5 Å². The summed E-state index contributed by atoms with van der Waals surface area (Å²) in [5.74, 6) is -1.47. The normalized spacial score (nSPS) is 23.2. The molecule has 1 aromatic heterocycles. The fourth-order valence-corrected chi connectivity index (χ4v) is 4.04. The number of anilines is 1. The lowest BCUT2D eigenvalue weighted by Crippen LogP contribution is -2.36. The molecule has 3 heterocycles. The number of aliphatic hydroxyl groups is 1. The van der Waals surface area contributed by atoms with Crippen LogP contribution in [0.4, 0.5) is 5.69 Å². The number of aliphatic hydroxyl groups excluding tert-OH is 1. The van der Waals surface area contributed by atoms with Crippen LogP contribution in [-0.4, -0.2) is 60.0 Å². The number of carbonyl (C=O) groups is 2. The van der Waals surface area contributed by atoms with Crippen LogP contribution in [0.2, 0.25) is 0 Å². The van der Waals surface area contributed by atoms with Crippen LogP contribution in [-0.2, 0) is 14.3 Å². The van der Waals surface area contributed by atoms with Crippen molar-refractivity contribution in [3.8, 4) is 0 Å². The highest BCUT2D eigenvalue weighted by molar-refractivity contribution is 6.46. The summed E-state index contributed by atoms with van der Waals surface area (Å²) in [6, 6.07) is 10.2. The van der Waals surface area contributed by atoms with Gasteiger partial charge in [0.2, 0.25) is 0 Å². The van der Waals surface area contributed by atoms with Gasteiger partial charge in [-0.3, -0.25) is 14.6 Å². The number of likely N-dealkylation sites (tertiary alicyclic amines) is 1. The SMILES string of the molecule is CN(C)c1ccc(C2/C(=C(/O)c3ccncc3)C(=O)C(=O)N2CC2CCCO2)cc1. The summed E-state index contributed by atoms with van der Waals surface area (Å²) in [5.41, 5.74) is 2.33. The van der Waals surface area contributed by atoms with E-state index in [4.69, 9.17) is 4.74 Å². The average Bonchev–Trinajstić information content (AvgIpc) is 3.36. The molecular formula is C23H25N3O4. The lowest BCUT2D eigenvalue weighted by atomic mass is 9.95. The van der Waals surface area contributed by atoms with Gasteiger partial charge in [0, 0.05) is 50.9 Å². The molecule has 2 aromatic rings. The minimum atomic E-state index is -0.677. The Labute approximate surface area is 175 Å². The standard InChI is InChI=1S/C23H25N3O4/c1-25(2)17-7-5-15(6-8-17)20-19(21(27)16-9-11-24-12-10-16)22(28)23(29)26(20)14-18-4-3-13-30-18/h5-12,18,20,27H,3-4,13-14H2,1-2H3/b21-19-. The van der Waals surface area contributed by atoms with Crippen LogP contribution in [0.25, 0.3) is 5.76 Å². The second kappa shape index (κ2) is 8.28. The maximum atomic E-state index is 13.0. The number of rotatable bonds is 5. The molecular weight excluding hydrogens is 382 g/mol. The van der Waals surface area contributed by atoms with Gasteiger partial charge in [0.05, 0.1) is 17.7 Å². The zero-order chi connectivity index (χ0) is 21.3. The number of carbonyl (C=O) groups excluding carboxylic acids is 2. The number of ketones is 1. The summed E-state index contributed by atoms with van der Waals surface area (Å²) < 4.78 is 5.71. The predicted octanol–water partition coefficient (Wildman–Crippen LogP) is 2.75. The number of amides is 1. The molecule has 2 fully saturated rings. The third kappa shape index (κ3) is 3.68. The molecule has 2 aliphatic heterocycles. The number of benzene rings is 1. The zero-order valence-corrected chi connectivity index (χ0v) is 17.1. The van der Waals surface area contributed by atoms with Gasteiger partial charge in [-0.1, -0.05) is 12.1 Å². The summed E-state index contributed by atoms with van der Waals surface area (Å²) in [7, 11) is 3.89. The molecule has 1 aromatic carbocycles. The zero-order valence-electron chi connectivity index (χ0n) is 17.1. The molecule has 0 aliphatic carbocycles. The van der Waals surface area contributed by atoms with E-state index in [1.165, 1.54) is 4.90 Å². The summed E-state index contributed by atoms with van der Waals surface area (Å²) in [6.07, 6.45) is 4.76. The van der Waals surface area contributed by atoms with E-state index in [1.807, 2.05) is 43.3 Å². The van der Waals surface area contributed by atoms with E-state index in [0.717, 1.165) is 24.1 Å². The minimum Gasteiger partial charge on any atom is -0.507 e. The third-order valence-corrected chi connectivity index (χ3v) is 5.64. The van der Waals surface area contributed by atoms with Crippen molar-refractivity contribution in [2.24, 2.45) is 0 Å². The van der Waals surface area contributed by atoms with Gasteiger partial charge in [-0.25, -0.2) is 0 Å². The van der Waals surface area contributed by atoms with Crippen molar-refractivity contribution in [2.75, 3.05) is 32.1 Å². The Kier molecular flexibility index (Phi) is 5.55. The maximum Gasteiger partial charge on any atom is 0.295 e. The van der Waals surface area contributed by atoms with Crippen molar-refractivity contribution in [3.63, 3.8) is 0 Å². The molecule has 30 heavy (non-hydrogen) atoms. The molecule has 2 atom stereocenters. The molecule has 2 saturated heterocycles. The van der Waals surface area contributed by atoms with Gasteiger partial charge in [0.15, 0.2) is 0 Å².